The molecule has 1 aromatic rings. The summed E-state index contributed by atoms with van der Waals surface area (Å²) in [6.45, 7) is 0.536. The Kier molecular flexibility index (Phi) is 4.37. The van der Waals surface area contributed by atoms with Crippen LogP contribution in [-0.2, 0) is 6.42 Å². The Morgan fingerprint density at radius 3 is 2.53 bits per heavy atom. The molecule has 0 unspecified atom stereocenters. The van der Waals surface area contributed by atoms with Crippen LogP contribution in [0.1, 0.15) is 12.0 Å². The molecule has 0 bridgehead atoms. The van der Waals surface area contributed by atoms with Crippen LogP contribution in [0.3, 0.4) is 0 Å². The predicted octanol–water partition coefficient (Wildman–Crippen LogP) is 1.73. The van der Waals surface area contributed by atoms with E-state index in [-0.39, 0.29) is 5.82 Å². The van der Waals surface area contributed by atoms with Gasteiger partial charge in [-0.15, -0.1) is 0 Å². The Balaban J connectivity index is 3.01. The van der Waals surface area contributed by atoms with Gasteiger partial charge in [-0.3, -0.25) is 0 Å². The van der Waals surface area contributed by atoms with Crippen LogP contribution in [0.4, 0.5) is 4.39 Å². The molecule has 0 saturated heterocycles. The van der Waals surface area contributed by atoms with E-state index in [1.807, 2.05) is 0 Å². The highest BCUT2D eigenvalue weighted by Crippen LogP contribution is 2.28. The average Bonchev–Trinajstić information content (AvgIpc) is 2.26. The molecule has 1 aromatic carbocycles. The predicted molar refractivity (Wildman–Crippen MR) is 56.9 cm³/mol. The van der Waals surface area contributed by atoms with E-state index in [2.05, 4.69) is 0 Å². The van der Waals surface area contributed by atoms with Crippen LogP contribution in [0.2, 0.25) is 0 Å². The van der Waals surface area contributed by atoms with Crippen molar-refractivity contribution in [1.82, 2.24) is 0 Å². The summed E-state index contributed by atoms with van der Waals surface area (Å²) in [5, 5.41) is 0. The van der Waals surface area contributed by atoms with Crippen molar-refractivity contribution < 1.29 is 13.9 Å². The Morgan fingerprint density at radius 1 is 1.27 bits per heavy atom. The Labute approximate surface area is 89.0 Å². The Bertz CT molecular complexity index is 329. The van der Waals surface area contributed by atoms with Gasteiger partial charge in [-0.1, -0.05) is 0 Å². The quantitative estimate of drug-likeness (QED) is 0.810. The molecule has 1 rings (SSSR count). The topological polar surface area (TPSA) is 44.5 Å². The lowest BCUT2D eigenvalue weighted by molar-refractivity contribution is 0.383. The van der Waals surface area contributed by atoms with E-state index >= 15 is 0 Å². The molecule has 0 saturated carbocycles. The molecule has 84 valence electrons. The summed E-state index contributed by atoms with van der Waals surface area (Å²) in [5.74, 6) is 0.667. The van der Waals surface area contributed by atoms with Crippen LogP contribution in [0, 0.1) is 5.82 Å². The van der Waals surface area contributed by atoms with Gasteiger partial charge < -0.3 is 15.2 Å². The molecule has 3 nitrogen and oxygen atoms in total. The number of halogens is 1. The summed E-state index contributed by atoms with van der Waals surface area (Å²) in [6, 6.07) is 3.03. The molecular weight excluding hydrogens is 197 g/mol. The first kappa shape index (κ1) is 11.8. The average molecular weight is 213 g/mol. The monoisotopic (exact) mass is 213 g/mol. The van der Waals surface area contributed by atoms with Crippen LogP contribution in [0.25, 0.3) is 0 Å². The van der Waals surface area contributed by atoms with Gasteiger partial charge in [0, 0.05) is 17.7 Å². The second kappa shape index (κ2) is 5.56. The van der Waals surface area contributed by atoms with Gasteiger partial charge in [0.25, 0.3) is 0 Å². The lowest BCUT2D eigenvalue weighted by Crippen LogP contribution is -2.03. The fourth-order valence-corrected chi connectivity index (χ4v) is 1.41. The summed E-state index contributed by atoms with van der Waals surface area (Å²) >= 11 is 0. The van der Waals surface area contributed by atoms with E-state index in [4.69, 9.17) is 15.2 Å². The number of ether oxygens (including phenoxy) is 2. The highest BCUT2D eigenvalue weighted by Gasteiger charge is 2.11. The normalized spacial score (nSPS) is 10.1. The first-order valence-electron chi connectivity index (χ1n) is 4.83. The van der Waals surface area contributed by atoms with Gasteiger partial charge in [-0.05, 0) is 19.4 Å². The molecule has 0 fully saturated rings. The lowest BCUT2D eigenvalue weighted by Gasteiger charge is -2.11. The molecule has 2 N–H and O–H groups in total. The fourth-order valence-electron chi connectivity index (χ4n) is 1.41. The standard InChI is InChI=1S/C11H16FNO2/c1-14-8-6-10(12)9(4-3-5-13)11(7-8)15-2/h6-7H,3-5,13H2,1-2H3. The van der Waals surface area contributed by atoms with Crippen molar-refractivity contribution in [3.8, 4) is 11.5 Å². The number of benzene rings is 1. The van der Waals surface area contributed by atoms with Crippen molar-refractivity contribution >= 4 is 0 Å². The van der Waals surface area contributed by atoms with Crippen molar-refractivity contribution in [1.29, 1.82) is 0 Å². The SMILES string of the molecule is COc1cc(F)c(CCCN)c(OC)c1. The molecule has 0 aliphatic heterocycles. The molecule has 0 spiro atoms. The molecule has 0 heterocycles. The van der Waals surface area contributed by atoms with Gasteiger partial charge in [-0.25, -0.2) is 4.39 Å². The van der Waals surface area contributed by atoms with Crippen LogP contribution < -0.4 is 15.2 Å². The lowest BCUT2D eigenvalue weighted by atomic mass is 10.1. The summed E-state index contributed by atoms with van der Waals surface area (Å²) in [7, 11) is 3.01. The summed E-state index contributed by atoms with van der Waals surface area (Å²) in [5.41, 5.74) is 5.95. The van der Waals surface area contributed by atoms with Gasteiger partial charge in [0.05, 0.1) is 14.2 Å². The zero-order valence-electron chi connectivity index (χ0n) is 9.05. The second-order valence-electron chi connectivity index (χ2n) is 3.18. The molecule has 4 heteroatoms. The third-order valence-electron chi connectivity index (χ3n) is 2.21. The minimum atomic E-state index is -0.306. The minimum absolute atomic E-state index is 0.306. The van der Waals surface area contributed by atoms with Crippen LogP contribution in [-0.4, -0.2) is 20.8 Å². The summed E-state index contributed by atoms with van der Waals surface area (Å²) < 4.78 is 23.7. The van der Waals surface area contributed by atoms with Crippen molar-refractivity contribution in [3.63, 3.8) is 0 Å². The molecule has 0 atom stereocenters. The number of rotatable bonds is 5. The molecule has 15 heavy (non-hydrogen) atoms. The maximum atomic E-state index is 13.6. The van der Waals surface area contributed by atoms with Crippen molar-refractivity contribution in [2.75, 3.05) is 20.8 Å². The van der Waals surface area contributed by atoms with E-state index < -0.39 is 0 Å². The minimum Gasteiger partial charge on any atom is -0.497 e. The first-order valence-corrected chi connectivity index (χ1v) is 4.83. The Hall–Kier alpha value is -1.29. The second-order valence-corrected chi connectivity index (χ2v) is 3.18. The molecular formula is C11H16FNO2. The first-order chi connectivity index (χ1) is 7.22. The van der Waals surface area contributed by atoms with Gasteiger partial charge in [0.2, 0.25) is 0 Å². The number of hydrogen-bond donors (Lipinski definition) is 1. The number of nitrogens with two attached hydrogens (primary N) is 1. The molecule has 0 aliphatic rings. The highest BCUT2D eigenvalue weighted by atomic mass is 19.1. The van der Waals surface area contributed by atoms with Gasteiger partial charge >= 0.3 is 0 Å². The largest absolute Gasteiger partial charge is 0.497 e. The summed E-state index contributed by atoms with van der Waals surface area (Å²) in [6.07, 6.45) is 1.31. The van der Waals surface area contributed by atoms with Crippen LogP contribution in [0.15, 0.2) is 12.1 Å². The van der Waals surface area contributed by atoms with Gasteiger partial charge in [0.1, 0.15) is 17.3 Å². The van der Waals surface area contributed by atoms with E-state index in [0.717, 1.165) is 6.42 Å². The van der Waals surface area contributed by atoms with Crippen molar-refractivity contribution in [2.24, 2.45) is 5.73 Å². The van der Waals surface area contributed by atoms with E-state index in [9.17, 15) is 4.39 Å². The molecule has 0 amide bonds. The highest BCUT2D eigenvalue weighted by molar-refractivity contribution is 5.42. The summed E-state index contributed by atoms with van der Waals surface area (Å²) in [4.78, 5) is 0. The number of hydrogen-bond acceptors (Lipinski definition) is 3. The van der Waals surface area contributed by atoms with E-state index in [1.54, 1.807) is 6.07 Å². The van der Waals surface area contributed by atoms with Crippen LogP contribution >= 0.6 is 0 Å². The van der Waals surface area contributed by atoms with Gasteiger partial charge in [0.15, 0.2) is 0 Å². The van der Waals surface area contributed by atoms with E-state index in [1.165, 1.54) is 20.3 Å². The molecule has 0 aromatic heterocycles. The van der Waals surface area contributed by atoms with E-state index in [0.29, 0.717) is 30.0 Å². The Morgan fingerprint density at radius 2 is 2.00 bits per heavy atom. The van der Waals surface area contributed by atoms with Crippen molar-refractivity contribution in [3.05, 3.63) is 23.5 Å². The smallest absolute Gasteiger partial charge is 0.133 e. The zero-order chi connectivity index (χ0) is 11.3. The molecule has 0 aliphatic carbocycles. The maximum absolute atomic E-state index is 13.6. The third-order valence-corrected chi connectivity index (χ3v) is 2.21. The molecule has 0 radical (unpaired) electrons. The third kappa shape index (κ3) is 2.83. The van der Waals surface area contributed by atoms with Crippen molar-refractivity contribution in [2.45, 2.75) is 12.8 Å². The maximum Gasteiger partial charge on any atom is 0.133 e. The zero-order valence-corrected chi connectivity index (χ0v) is 9.05. The van der Waals surface area contributed by atoms with Gasteiger partial charge in [-0.2, -0.15) is 0 Å². The number of methoxy groups -OCH3 is 2. The van der Waals surface area contributed by atoms with Crippen LogP contribution in [0.5, 0.6) is 11.5 Å². The fraction of sp³-hybridized carbons (Fsp3) is 0.455.